The number of rotatable bonds is 3. The monoisotopic (exact) mass is 381 g/mol. The summed E-state index contributed by atoms with van der Waals surface area (Å²) in [7, 11) is 0. The van der Waals surface area contributed by atoms with Crippen LogP contribution in [0, 0.1) is 5.82 Å². The van der Waals surface area contributed by atoms with E-state index in [2.05, 4.69) is 15.2 Å². The van der Waals surface area contributed by atoms with Crippen LogP contribution in [0.3, 0.4) is 0 Å². The average Bonchev–Trinajstić information content (AvgIpc) is 2.74. The summed E-state index contributed by atoms with van der Waals surface area (Å²) in [6.07, 6.45) is 0. The van der Waals surface area contributed by atoms with Crippen molar-refractivity contribution in [3.8, 4) is 0 Å². The fourth-order valence-corrected chi connectivity index (χ4v) is 3.46. The van der Waals surface area contributed by atoms with Crippen molar-refractivity contribution in [1.82, 2.24) is 19.9 Å². The second-order valence-electron chi connectivity index (χ2n) is 6.82. The molecule has 1 aromatic heterocycles. The number of aromatic nitrogens is 3. The molecule has 1 amide bonds. The fourth-order valence-electron chi connectivity index (χ4n) is 3.46. The van der Waals surface area contributed by atoms with Gasteiger partial charge in [0.2, 0.25) is 5.91 Å². The lowest BCUT2D eigenvalue weighted by molar-refractivity contribution is -0.135. The van der Waals surface area contributed by atoms with E-state index in [1.54, 1.807) is 48.2 Å². The highest BCUT2D eigenvalue weighted by molar-refractivity contribution is 5.81. The molecule has 1 saturated heterocycles. The first kappa shape index (κ1) is 18.1. The van der Waals surface area contributed by atoms with E-state index in [1.165, 1.54) is 12.1 Å². The molecule has 0 aliphatic carbocycles. The third-order valence-corrected chi connectivity index (χ3v) is 5.10. The lowest BCUT2D eigenvalue weighted by Crippen LogP contribution is -2.51. The number of anilines is 1. The highest BCUT2D eigenvalue weighted by atomic mass is 19.1. The Labute approximate surface area is 161 Å². The molecule has 28 heavy (non-hydrogen) atoms. The van der Waals surface area contributed by atoms with Crippen LogP contribution in [0.2, 0.25) is 0 Å². The Bertz CT molecular complexity index is 1060. The summed E-state index contributed by atoms with van der Waals surface area (Å²) in [5, 5.41) is 8.45. The molecule has 4 rings (SSSR count). The molecule has 0 saturated carbocycles. The standard InChI is InChI=1S/C20H20FN5O2/c1-14(26-20(28)17-4-2-3-5-18(17)22-23-26)19(27)25-12-10-24(11-13-25)16-8-6-15(21)7-9-16/h2-9,14H,10-13H2,1H3/t14-/m0/s1. The molecule has 1 aliphatic rings. The first-order chi connectivity index (χ1) is 13.5. The van der Waals surface area contributed by atoms with Gasteiger partial charge in [-0.05, 0) is 43.3 Å². The minimum absolute atomic E-state index is 0.162. The SMILES string of the molecule is C[C@@H](C(=O)N1CCN(c2ccc(F)cc2)CC1)n1nnc2ccccc2c1=O. The van der Waals surface area contributed by atoms with Crippen molar-refractivity contribution in [2.45, 2.75) is 13.0 Å². The average molecular weight is 381 g/mol. The van der Waals surface area contributed by atoms with E-state index in [1.807, 2.05) is 0 Å². The highest BCUT2D eigenvalue weighted by Crippen LogP contribution is 2.18. The second-order valence-corrected chi connectivity index (χ2v) is 6.82. The number of halogens is 1. The van der Waals surface area contributed by atoms with E-state index in [9.17, 15) is 14.0 Å². The molecule has 0 radical (unpaired) electrons. The number of carbonyl (C=O) groups is 1. The lowest BCUT2D eigenvalue weighted by Gasteiger charge is -2.37. The minimum Gasteiger partial charge on any atom is -0.368 e. The van der Waals surface area contributed by atoms with Gasteiger partial charge in [-0.15, -0.1) is 5.10 Å². The van der Waals surface area contributed by atoms with Crippen LogP contribution in [0.15, 0.2) is 53.3 Å². The summed E-state index contributed by atoms with van der Waals surface area (Å²) in [4.78, 5) is 29.4. The van der Waals surface area contributed by atoms with Crippen molar-refractivity contribution in [3.63, 3.8) is 0 Å². The molecule has 1 aliphatic heterocycles. The van der Waals surface area contributed by atoms with Gasteiger partial charge in [0.25, 0.3) is 5.56 Å². The van der Waals surface area contributed by atoms with Gasteiger partial charge in [-0.1, -0.05) is 17.3 Å². The van der Waals surface area contributed by atoms with Crippen LogP contribution in [-0.4, -0.2) is 52.0 Å². The highest BCUT2D eigenvalue weighted by Gasteiger charge is 2.27. The van der Waals surface area contributed by atoms with Crippen molar-refractivity contribution in [1.29, 1.82) is 0 Å². The number of hydrogen-bond acceptors (Lipinski definition) is 5. The van der Waals surface area contributed by atoms with Crippen LogP contribution < -0.4 is 10.5 Å². The zero-order valence-corrected chi connectivity index (χ0v) is 15.5. The summed E-state index contributed by atoms with van der Waals surface area (Å²) in [6.45, 7) is 4.00. The summed E-state index contributed by atoms with van der Waals surface area (Å²) in [6, 6.07) is 12.5. The molecule has 0 N–H and O–H groups in total. The number of hydrogen-bond donors (Lipinski definition) is 0. The summed E-state index contributed by atoms with van der Waals surface area (Å²) in [5.41, 5.74) is 1.12. The predicted octanol–water partition coefficient (Wildman–Crippen LogP) is 1.84. The van der Waals surface area contributed by atoms with Crippen LogP contribution in [-0.2, 0) is 4.79 Å². The van der Waals surface area contributed by atoms with Gasteiger partial charge in [0.15, 0.2) is 0 Å². The zero-order valence-electron chi connectivity index (χ0n) is 15.5. The second kappa shape index (κ2) is 7.38. The molecule has 0 bridgehead atoms. The van der Waals surface area contributed by atoms with Gasteiger partial charge in [0.05, 0.1) is 5.39 Å². The molecule has 1 fully saturated rings. The molecule has 2 heterocycles. The Kier molecular flexibility index (Phi) is 4.77. The Hall–Kier alpha value is -3.29. The van der Waals surface area contributed by atoms with E-state index in [4.69, 9.17) is 0 Å². The Morgan fingerprint density at radius 3 is 2.43 bits per heavy atom. The lowest BCUT2D eigenvalue weighted by atomic mass is 10.2. The maximum absolute atomic E-state index is 13.1. The summed E-state index contributed by atoms with van der Waals surface area (Å²) >= 11 is 0. The number of amides is 1. The van der Waals surface area contributed by atoms with Crippen molar-refractivity contribution >= 4 is 22.5 Å². The van der Waals surface area contributed by atoms with Crippen molar-refractivity contribution in [3.05, 3.63) is 64.7 Å². The number of carbonyl (C=O) groups excluding carboxylic acids is 1. The molecule has 8 heteroatoms. The van der Waals surface area contributed by atoms with Gasteiger partial charge in [-0.2, -0.15) is 4.68 Å². The summed E-state index contributed by atoms with van der Waals surface area (Å²) in [5.74, 6) is -0.432. The van der Waals surface area contributed by atoms with Crippen LogP contribution in [0.5, 0.6) is 0 Å². The van der Waals surface area contributed by atoms with Crippen LogP contribution in [0.25, 0.3) is 10.9 Å². The number of fused-ring (bicyclic) bond motifs is 1. The van der Waals surface area contributed by atoms with Gasteiger partial charge < -0.3 is 9.80 Å². The van der Waals surface area contributed by atoms with Gasteiger partial charge in [0.1, 0.15) is 17.4 Å². The minimum atomic E-state index is -0.734. The van der Waals surface area contributed by atoms with E-state index in [0.29, 0.717) is 37.1 Å². The first-order valence-corrected chi connectivity index (χ1v) is 9.18. The maximum atomic E-state index is 13.1. The fraction of sp³-hybridized carbons (Fsp3) is 0.300. The molecule has 0 unspecified atom stereocenters. The molecule has 2 aromatic carbocycles. The number of benzene rings is 2. The van der Waals surface area contributed by atoms with Crippen LogP contribution >= 0.6 is 0 Å². The first-order valence-electron chi connectivity index (χ1n) is 9.18. The maximum Gasteiger partial charge on any atom is 0.278 e. The quantitative estimate of drug-likeness (QED) is 0.692. The van der Waals surface area contributed by atoms with E-state index in [-0.39, 0.29) is 17.3 Å². The normalized spacial score (nSPS) is 15.6. The molecule has 144 valence electrons. The largest absolute Gasteiger partial charge is 0.368 e. The zero-order chi connectivity index (χ0) is 19.7. The smallest absolute Gasteiger partial charge is 0.278 e. The molecule has 3 aromatic rings. The molecular formula is C20H20FN5O2. The van der Waals surface area contributed by atoms with Crippen LogP contribution in [0.4, 0.5) is 10.1 Å². The van der Waals surface area contributed by atoms with E-state index < -0.39 is 6.04 Å². The van der Waals surface area contributed by atoms with Gasteiger partial charge in [-0.3, -0.25) is 9.59 Å². The number of nitrogens with zero attached hydrogens (tertiary/aromatic N) is 5. The van der Waals surface area contributed by atoms with E-state index >= 15 is 0 Å². The molecule has 7 nitrogen and oxygen atoms in total. The third kappa shape index (κ3) is 3.33. The molecular weight excluding hydrogens is 361 g/mol. The van der Waals surface area contributed by atoms with Crippen molar-refractivity contribution < 1.29 is 9.18 Å². The Morgan fingerprint density at radius 1 is 1.04 bits per heavy atom. The third-order valence-electron chi connectivity index (χ3n) is 5.10. The summed E-state index contributed by atoms with van der Waals surface area (Å²) < 4.78 is 14.2. The van der Waals surface area contributed by atoms with Crippen LogP contribution in [0.1, 0.15) is 13.0 Å². The Morgan fingerprint density at radius 2 is 1.71 bits per heavy atom. The molecule has 0 spiro atoms. The molecule has 1 atom stereocenters. The topological polar surface area (TPSA) is 71.3 Å². The van der Waals surface area contributed by atoms with Gasteiger partial charge in [-0.25, -0.2) is 4.39 Å². The van der Waals surface area contributed by atoms with Gasteiger partial charge in [0, 0.05) is 31.9 Å². The van der Waals surface area contributed by atoms with Crippen molar-refractivity contribution in [2.75, 3.05) is 31.1 Å². The predicted molar refractivity (Wildman–Crippen MR) is 104 cm³/mol. The Balaban J connectivity index is 1.47. The van der Waals surface area contributed by atoms with E-state index in [0.717, 1.165) is 10.4 Å². The van der Waals surface area contributed by atoms with Crippen molar-refractivity contribution in [2.24, 2.45) is 0 Å². The number of piperazine rings is 1. The van der Waals surface area contributed by atoms with Gasteiger partial charge >= 0.3 is 0 Å².